The Bertz CT molecular complexity index is 621. The average Bonchev–Trinajstić information content (AvgIpc) is 2.91. The normalized spacial score (nSPS) is 11.5. The van der Waals surface area contributed by atoms with Crippen molar-refractivity contribution < 1.29 is 4.39 Å². The predicted octanol–water partition coefficient (Wildman–Crippen LogP) is 1.51. The zero-order chi connectivity index (χ0) is 15.8. The maximum Gasteiger partial charge on any atom is 0.190 e. The van der Waals surface area contributed by atoms with Crippen molar-refractivity contribution >= 4 is 5.96 Å². The van der Waals surface area contributed by atoms with E-state index in [0.717, 1.165) is 30.9 Å². The average molecular weight is 303 g/mol. The Morgan fingerprint density at radius 3 is 2.55 bits per heavy atom. The summed E-state index contributed by atoms with van der Waals surface area (Å²) in [6.07, 6.45) is 5.50. The van der Waals surface area contributed by atoms with Crippen molar-refractivity contribution in [2.75, 3.05) is 20.1 Å². The third-order valence-electron chi connectivity index (χ3n) is 3.28. The molecule has 0 aliphatic carbocycles. The van der Waals surface area contributed by atoms with E-state index in [2.05, 4.69) is 20.7 Å². The third kappa shape index (κ3) is 5.20. The Hall–Kier alpha value is -2.37. The molecule has 2 aromatic rings. The van der Waals surface area contributed by atoms with Crippen LogP contribution in [0.25, 0.3) is 0 Å². The van der Waals surface area contributed by atoms with Crippen molar-refractivity contribution in [2.45, 2.75) is 12.8 Å². The highest BCUT2D eigenvalue weighted by Crippen LogP contribution is 2.03. The molecular weight excluding hydrogens is 281 g/mol. The van der Waals surface area contributed by atoms with E-state index in [1.807, 2.05) is 25.5 Å². The summed E-state index contributed by atoms with van der Waals surface area (Å²) in [5.74, 6) is 0.553. The first-order valence-electron chi connectivity index (χ1n) is 7.34. The molecule has 1 aromatic heterocycles. The van der Waals surface area contributed by atoms with Gasteiger partial charge in [-0.05, 0) is 36.1 Å². The van der Waals surface area contributed by atoms with E-state index in [1.54, 1.807) is 23.9 Å². The van der Waals surface area contributed by atoms with Gasteiger partial charge in [0.25, 0.3) is 0 Å². The molecule has 22 heavy (non-hydrogen) atoms. The maximum atomic E-state index is 13.1. The molecule has 0 aliphatic rings. The summed E-state index contributed by atoms with van der Waals surface area (Å²) in [4.78, 5) is 4.17. The predicted molar refractivity (Wildman–Crippen MR) is 86.4 cm³/mol. The van der Waals surface area contributed by atoms with Crippen LogP contribution in [0, 0.1) is 5.82 Å². The Kier molecular flexibility index (Phi) is 5.94. The Labute approximate surface area is 130 Å². The molecule has 1 aromatic carbocycles. The second kappa shape index (κ2) is 8.17. The van der Waals surface area contributed by atoms with Gasteiger partial charge < -0.3 is 10.6 Å². The van der Waals surface area contributed by atoms with E-state index in [4.69, 9.17) is 0 Å². The first kappa shape index (κ1) is 16.0. The SMILES string of the molecule is CN=C(NCCc1cccc(F)c1)NCCc1cnn(C)c1. The summed E-state index contributed by atoms with van der Waals surface area (Å²) in [6.45, 7) is 1.49. The van der Waals surface area contributed by atoms with Crippen LogP contribution in [-0.4, -0.2) is 35.9 Å². The highest BCUT2D eigenvalue weighted by atomic mass is 19.1. The minimum absolute atomic E-state index is 0.198. The van der Waals surface area contributed by atoms with Gasteiger partial charge >= 0.3 is 0 Å². The molecule has 0 atom stereocenters. The largest absolute Gasteiger partial charge is 0.356 e. The first-order valence-corrected chi connectivity index (χ1v) is 7.34. The molecule has 0 fully saturated rings. The van der Waals surface area contributed by atoms with Crippen LogP contribution < -0.4 is 10.6 Å². The first-order chi connectivity index (χ1) is 10.7. The molecule has 5 nitrogen and oxygen atoms in total. The van der Waals surface area contributed by atoms with Gasteiger partial charge in [0.1, 0.15) is 5.82 Å². The molecule has 0 spiro atoms. The second-order valence-corrected chi connectivity index (χ2v) is 5.08. The number of nitrogens with one attached hydrogen (secondary N) is 2. The number of hydrogen-bond acceptors (Lipinski definition) is 2. The van der Waals surface area contributed by atoms with Gasteiger partial charge in [-0.1, -0.05) is 12.1 Å². The number of aliphatic imine (C=N–C) groups is 1. The lowest BCUT2D eigenvalue weighted by molar-refractivity contribution is 0.625. The fourth-order valence-electron chi connectivity index (χ4n) is 2.16. The molecule has 1 heterocycles. The quantitative estimate of drug-likeness (QED) is 0.628. The molecule has 0 radical (unpaired) electrons. The van der Waals surface area contributed by atoms with E-state index in [-0.39, 0.29) is 5.82 Å². The zero-order valence-corrected chi connectivity index (χ0v) is 13.0. The summed E-state index contributed by atoms with van der Waals surface area (Å²) >= 11 is 0. The molecule has 2 N–H and O–H groups in total. The van der Waals surface area contributed by atoms with E-state index in [9.17, 15) is 4.39 Å². The summed E-state index contributed by atoms with van der Waals surface area (Å²) in [7, 11) is 3.64. The zero-order valence-electron chi connectivity index (χ0n) is 13.0. The minimum atomic E-state index is -0.198. The molecule has 0 bridgehead atoms. The Morgan fingerprint density at radius 2 is 1.95 bits per heavy atom. The van der Waals surface area contributed by atoms with Gasteiger partial charge in [-0.25, -0.2) is 4.39 Å². The van der Waals surface area contributed by atoms with Crippen LogP contribution in [-0.2, 0) is 19.9 Å². The van der Waals surface area contributed by atoms with E-state index >= 15 is 0 Å². The number of rotatable bonds is 6. The number of halogens is 1. The fraction of sp³-hybridized carbons (Fsp3) is 0.375. The van der Waals surface area contributed by atoms with Gasteiger partial charge in [0, 0.05) is 33.4 Å². The van der Waals surface area contributed by atoms with Crippen molar-refractivity contribution in [1.82, 2.24) is 20.4 Å². The molecule has 0 unspecified atom stereocenters. The van der Waals surface area contributed by atoms with Crippen molar-refractivity contribution in [3.8, 4) is 0 Å². The van der Waals surface area contributed by atoms with Gasteiger partial charge in [-0.2, -0.15) is 5.10 Å². The molecule has 2 rings (SSSR count). The molecule has 0 saturated heterocycles. The monoisotopic (exact) mass is 303 g/mol. The van der Waals surface area contributed by atoms with Gasteiger partial charge in [0.05, 0.1) is 6.20 Å². The topological polar surface area (TPSA) is 54.2 Å². The van der Waals surface area contributed by atoms with Gasteiger partial charge in [-0.15, -0.1) is 0 Å². The fourth-order valence-corrected chi connectivity index (χ4v) is 2.16. The molecular formula is C16H22FN5. The van der Waals surface area contributed by atoms with E-state index in [0.29, 0.717) is 6.54 Å². The van der Waals surface area contributed by atoms with Crippen LogP contribution in [0.5, 0.6) is 0 Å². The van der Waals surface area contributed by atoms with Crippen LogP contribution in [0.1, 0.15) is 11.1 Å². The van der Waals surface area contributed by atoms with Crippen molar-refractivity contribution in [3.05, 3.63) is 53.6 Å². The highest BCUT2D eigenvalue weighted by molar-refractivity contribution is 5.79. The summed E-state index contributed by atoms with van der Waals surface area (Å²) in [5, 5.41) is 10.6. The summed E-state index contributed by atoms with van der Waals surface area (Å²) < 4.78 is 14.9. The van der Waals surface area contributed by atoms with Crippen molar-refractivity contribution in [3.63, 3.8) is 0 Å². The number of hydrogen-bond donors (Lipinski definition) is 2. The van der Waals surface area contributed by atoms with Crippen LogP contribution in [0.4, 0.5) is 4.39 Å². The van der Waals surface area contributed by atoms with Crippen molar-refractivity contribution in [1.29, 1.82) is 0 Å². The summed E-state index contributed by atoms with van der Waals surface area (Å²) in [5.41, 5.74) is 2.16. The molecule has 6 heteroatoms. The van der Waals surface area contributed by atoms with Crippen molar-refractivity contribution in [2.24, 2.45) is 12.0 Å². The smallest absolute Gasteiger partial charge is 0.190 e. The molecule has 0 saturated carbocycles. The second-order valence-electron chi connectivity index (χ2n) is 5.08. The van der Waals surface area contributed by atoms with E-state index in [1.165, 1.54) is 11.6 Å². The Balaban J connectivity index is 1.69. The van der Waals surface area contributed by atoms with Gasteiger partial charge in [-0.3, -0.25) is 9.67 Å². The molecule has 118 valence electrons. The standard InChI is InChI=1S/C16H22FN5/c1-18-16(20-9-7-14-11-21-22(2)12-14)19-8-6-13-4-3-5-15(17)10-13/h3-5,10-12H,6-9H2,1-2H3,(H2,18,19,20). The molecule has 0 aliphatic heterocycles. The summed E-state index contributed by atoms with van der Waals surface area (Å²) in [6, 6.07) is 6.66. The third-order valence-corrected chi connectivity index (χ3v) is 3.28. The van der Waals surface area contributed by atoms with Crippen LogP contribution in [0.2, 0.25) is 0 Å². The number of benzene rings is 1. The van der Waals surface area contributed by atoms with E-state index < -0.39 is 0 Å². The maximum absolute atomic E-state index is 13.1. The number of nitrogens with zero attached hydrogens (tertiary/aromatic N) is 3. The number of guanidine groups is 1. The Morgan fingerprint density at radius 1 is 1.23 bits per heavy atom. The number of aryl methyl sites for hydroxylation is 1. The van der Waals surface area contributed by atoms with Gasteiger partial charge in [0.2, 0.25) is 0 Å². The minimum Gasteiger partial charge on any atom is -0.356 e. The lowest BCUT2D eigenvalue weighted by atomic mass is 10.1. The number of aromatic nitrogens is 2. The highest BCUT2D eigenvalue weighted by Gasteiger charge is 2.00. The van der Waals surface area contributed by atoms with Crippen LogP contribution in [0.3, 0.4) is 0 Å². The van der Waals surface area contributed by atoms with Crippen LogP contribution in [0.15, 0.2) is 41.7 Å². The van der Waals surface area contributed by atoms with Crippen LogP contribution >= 0.6 is 0 Å². The van der Waals surface area contributed by atoms with Gasteiger partial charge in [0.15, 0.2) is 5.96 Å². The lowest BCUT2D eigenvalue weighted by Gasteiger charge is -2.11. The lowest BCUT2D eigenvalue weighted by Crippen LogP contribution is -2.39. The molecule has 0 amide bonds.